The second kappa shape index (κ2) is 10.7. The number of fused-ring (bicyclic) bond motifs is 1. The minimum Gasteiger partial charge on any atom is -0.348 e. The molecule has 0 radical (unpaired) electrons. The molecule has 4 rings (SSSR count). The Labute approximate surface area is 199 Å². The topological polar surface area (TPSA) is 49.6 Å². The SMILES string of the molecule is CC(C)N(C)Cc1ccccc1CNC(=O)c1ccccc1SCc1cn2ccccc2n1. The zero-order valence-corrected chi connectivity index (χ0v) is 20.2. The van der Waals surface area contributed by atoms with Crippen LogP contribution in [0.25, 0.3) is 5.65 Å². The number of benzene rings is 2. The number of carbonyl (C=O) groups excluding carboxylic acids is 1. The molecule has 1 amide bonds. The van der Waals surface area contributed by atoms with Crippen LogP contribution in [0, 0.1) is 0 Å². The lowest BCUT2D eigenvalue weighted by Crippen LogP contribution is -2.28. The van der Waals surface area contributed by atoms with Gasteiger partial charge in [-0.05, 0) is 56.3 Å². The van der Waals surface area contributed by atoms with Crippen molar-refractivity contribution in [3.8, 4) is 0 Å². The molecule has 4 aromatic rings. The highest BCUT2D eigenvalue weighted by molar-refractivity contribution is 7.98. The predicted octanol–water partition coefficient (Wildman–Crippen LogP) is 5.40. The van der Waals surface area contributed by atoms with Crippen molar-refractivity contribution in [2.24, 2.45) is 0 Å². The first-order chi connectivity index (χ1) is 16.0. The van der Waals surface area contributed by atoms with Crippen LogP contribution < -0.4 is 5.32 Å². The third kappa shape index (κ3) is 5.83. The van der Waals surface area contributed by atoms with Crippen molar-refractivity contribution >= 4 is 23.3 Å². The van der Waals surface area contributed by atoms with Crippen LogP contribution in [0.5, 0.6) is 0 Å². The van der Waals surface area contributed by atoms with E-state index in [2.05, 4.69) is 54.3 Å². The highest BCUT2D eigenvalue weighted by Gasteiger charge is 2.14. The van der Waals surface area contributed by atoms with Gasteiger partial charge in [-0.1, -0.05) is 42.5 Å². The second-order valence-corrected chi connectivity index (χ2v) is 9.46. The molecule has 0 atom stereocenters. The maximum Gasteiger partial charge on any atom is 0.252 e. The maximum atomic E-state index is 13.1. The van der Waals surface area contributed by atoms with Crippen molar-refractivity contribution in [1.29, 1.82) is 0 Å². The van der Waals surface area contributed by atoms with Crippen LogP contribution in [0.1, 0.15) is 41.0 Å². The van der Waals surface area contributed by atoms with Crippen molar-refractivity contribution in [2.45, 2.75) is 43.6 Å². The van der Waals surface area contributed by atoms with E-state index in [1.807, 2.05) is 65.3 Å². The third-order valence-electron chi connectivity index (χ3n) is 5.78. The quantitative estimate of drug-likeness (QED) is 0.341. The van der Waals surface area contributed by atoms with Gasteiger partial charge in [-0.25, -0.2) is 4.98 Å². The largest absolute Gasteiger partial charge is 0.348 e. The van der Waals surface area contributed by atoms with Gasteiger partial charge >= 0.3 is 0 Å². The standard InChI is InChI=1S/C27H30N4OS/c1-20(2)30(3)17-22-11-5-4-10-21(22)16-28-27(32)24-12-6-7-13-25(24)33-19-23-18-31-15-9-8-14-26(31)29-23/h4-15,18,20H,16-17,19H2,1-3H3,(H,28,32). The van der Waals surface area contributed by atoms with E-state index in [0.29, 0.717) is 23.9 Å². The van der Waals surface area contributed by atoms with Crippen molar-refractivity contribution in [1.82, 2.24) is 19.6 Å². The lowest BCUT2D eigenvalue weighted by atomic mass is 10.1. The molecule has 0 saturated carbocycles. The first-order valence-corrected chi connectivity index (χ1v) is 12.2. The molecule has 0 bridgehead atoms. The van der Waals surface area contributed by atoms with Gasteiger partial charge in [-0.3, -0.25) is 9.69 Å². The fraction of sp³-hybridized carbons (Fsp3) is 0.259. The Balaban J connectivity index is 1.42. The van der Waals surface area contributed by atoms with E-state index in [-0.39, 0.29) is 5.91 Å². The van der Waals surface area contributed by atoms with E-state index in [0.717, 1.165) is 28.3 Å². The first-order valence-electron chi connectivity index (χ1n) is 11.2. The van der Waals surface area contributed by atoms with Crippen molar-refractivity contribution in [2.75, 3.05) is 7.05 Å². The van der Waals surface area contributed by atoms with Gasteiger partial charge in [0.15, 0.2) is 0 Å². The number of nitrogens with zero attached hydrogens (tertiary/aromatic N) is 3. The third-order valence-corrected chi connectivity index (χ3v) is 6.89. The van der Waals surface area contributed by atoms with Gasteiger partial charge in [-0.2, -0.15) is 0 Å². The Bertz CT molecular complexity index is 1200. The molecule has 0 saturated heterocycles. The molecular weight excluding hydrogens is 428 g/mol. The van der Waals surface area contributed by atoms with Gasteiger partial charge in [0.1, 0.15) is 5.65 Å². The van der Waals surface area contributed by atoms with Gasteiger partial charge in [0.05, 0.1) is 11.3 Å². The van der Waals surface area contributed by atoms with Gasteiger partial charge < -0.3 is 9.72 Å². The van der Waals surface area contributed by atoms with Crippen LogP contribution in [0.2, 0.25) is 0 Å². The van der Waals surface area contributed by atoms with E-state index in [1.54, 1.807) is 11.8 Å². The number of pyridine rings is 1. The molecule has 2 aromatic carbocycles. The summed E-state index contributed by atoms with van der Waals surface area (Å²) in [4.78, 5) is 21.0. The van der Waals surface area contributed by atoms with Crippen LogP contribution >= 0.6 is 11.8 Å². The molecule has 5 nitrogen and oxygen atoms in total. The Morgan fingerprint density at radius 2 is 1.76 bits per heavy atom. The van der Waals surface area contributed by atoms with E-state index in [1.165, 1.54) is 5.56 Å². The molecular formula is C27H30N4OS. The van der Waals surface area contributed by atoms with Gasteiger partial charge in [0, 0.05) is 42.2 Å². The second-order valence-electron chi connectivity index (χ2n) is 8.44. The number of hydrogen-bond donors (Lipinski definition) is 1. The van der Waals surface area contributed by atoms with Crippen LogP contribution in [0.4, 0.5) is 0 Å². The Kier molecular flexibility index (Phi) is 7.47. The summed E-state index contributed by atoms with van der Waals surface area (Å²) in [5.74, 6) is 0.649. The van der Waals surface area contributed by atoms with E-state index in [9.17, 15) is 4.79 Å². The normalized spacial score (nSPS) is 11.4. The Morgan fingerprint density at radius 3 is 2.55 bits per heavy atom. The number of hydrogen-bond acceptors (Lipinski definition) is 4. The molecule has 0 aliphatic rings. The minimum absolute atomic E-state index is 0.0554. The lowest BCUT2D eigenvalue weighted by Gasteiger charge is -2.22. The van der Waals surface area contributed by atoms with Crippen molar-refractivity contribution in [3.05, 3.63) is 102 Å². The molecule has 1 N–H and O–H groups in total. The number of thioether (sulfide) groups is 1. The van der Waals surface area contributed by atoms with Crippen LogP contribution in [0.15, 0.2) is 84.0 Å². The highest BCUT2D eigenvalue weighted by atomic mass is 32.2. The van der Waals surface area contributed by atoms with Crippen molar-refractivity contribution in [3.63, 3.8) is 0 Å². The highest BCUT2D eigenvalue weighted by Crippen LogP contribution is 2.26. The average Bonchev–Trinajstić information content (AvgIpc) is 3.25. The fourth-order valence-corrected chi connectivity index (χ4v) is 4.53. The average molecular weight is 459 g/mol. The van der Waals surface area contributed by atoms with Crippen LogP contribution in [0.3, 0.4) is 0 Å². The molecule has 0 spiro atoms. The molecule has 33 heavy (non-hydrogen) atoms. The summed E-state index contributed by atoms with van der Waals surface area (Å²) in [6.07, 6.45) is 4.03. The zero-order valence-electron chi connectivity index (χ0n) is 19.4. The summed E-state index contributed by atoms with van der Waals surface area (Å²) in [5, 5.41) is 3.13. The molecule has 2 aromatic heterocycles. The van der Waals surface area contributed by atoms with Crippen LogP contribution in [-0.4, -0.2) is 33.3 Å². The lowest BCUT2D eigenvalue weighted by molar-refractivity contribution is 0.0948. The number of aromatic nitrogens is 2. The molecule has 0 fully saturated rings. The Morgan fingerprint density at radius 1 is 1.03 bits per heavy atom. The summed E-state index contributed by atoms with van der Waals surface area (Å²) in [7, 11) is 2.12. The number of carbonyl (C=O) groups is 1. The van der Waals surface area contributed by atoms with Crippen LogP contribution in [-0.2, 0) is 18.8 Å². The molecule has 170 valence electrons. The summed E-state index contributed by atoms with van der Waals surface area (Å²) < 4.78 is 2.02. The number of nitrogens with one attached hydrogen (secondary N) is 1. The van der Waals surface area contributed by atoms with Crippen molar-refractivity contribution < 1.29 is 4.79 Å². The monoisotopic (exact) mass is 458 g/mol. The fourth-order valence-electron chi connectivity index (χ4n) is 3.59. The summed E-state index contributed by atoms with van der Waals surface area (Å²) in [6, 6.07) is 22.5. The molecule has 0 unspecified atom stereocenters. The molecule has 0 aliphatic carbocycles. The van der Waals surface area contributed by atoms with E-state index in [4.69, 9.17) is 0 Å². The molecule has 0 aliphatic heterocycles. The Hall–Kier alpha value is -3.09. The number of amides is 1. The van der Waals surface area contributed by atoms with E-state index >= 15 is 0 Å². The predicted molar refractivity (Wildman–Crippen MR) is 135 cm³/mol. The summed E-state index contributed by atoms with van der Waals surface area (Å²) in [5.41, 5.74) is 5.00. The van der Waals surface area contributed by atoms with Gasteiger partial charge in [0.25, 0.3) is 5.91 Å². The first kappa shape index (κ1) is 23.1. The number of rotatable bonds is 9. The van der Waals surface area contributed by atoms with Gasteiger partial charge in [-0.15, -0.1) is 11.8 Å². The van der Waals surface area contributed by atoms with Gasteiger partial charge in [0.2, 0.25) is 0 Å². The summed E-state index contributed by atoms with van der Waals surface area (Å²) >= 11 is 1.64. The number of imidazole rings is 1. The van der Waals surface area contributed by atoms with E-state index < -0.39 is 0 Å². The zero-order chi connectivity index (χ0) is 23.2. The maximum absolute atomic E-state index is 13.1. The minimum atomic E-state index is -0.0554. The smallest absolute Gasteiger partial charge is 0.252 e. The summed E-state index contributed by atoms with van der Waals surface area (Å²) in [6.45, 7) is 5.73. The molecule has 2 heterocycles. The molecule has 6 heteroatoms.